The maximum atomic E-state index is 14.3. The fourth-order valence-electron chi connectivity index (χ4n) is 2.15. The molecule has 0 saturated carbocycles. The van der Waals surface area contributed by atoms with Gasteiger partial charge in [0.15, 0.2) is 46.5 Å². The lowest BCUT2D eigenvalue weighted by atomic mass is 10.2. The summed E-state index contributed by atoms with van der Waals surface area (Å²) in [5.41, 5.74) is 0. The SMILES string of the molecule is CNC(CSc1c(F)c(F)c(Sc2c(F)c(F)c(F)c(F)c2F)c(F)c1F)C(C)=O. The van der Waals surface area contributed by atoms with Crippen LogP contribution >= 0.6 is 23.5 Å². The monoisotopic (exact) mass is 479 g/mol. The molecule has 0 fully saturated rings. The van der Waals surface area contributed by atoms with Crippen molar-refractivity contribution in [2.45, 2.75) is 27.7 Å². The van der Waals surface area contributed by atoms with Crippen LogP contribution in [0, 0.1) is 52.4 Å². The third-order valence-corrected chi connectivity index (χ3v) is 6.06. The van der Waals surface area contributed by atoms with Crippen molar-refractivity contribution in [1.29, 1.82) is 0 Å². The molecule has 0 aromatic heterocycles. The Kier molecular flexibility index (Phi) is 7.74. The van der Waals surface area contributed by atoms with Gasteiger partial charge in [0, 0.05) is 5.75 Å². The van der Waals surface area contributed by atoms with E-state index in [0.717, 1.165) is 0 Å². The standard InChI is InChI=1S/C17H10F9NOS2/c1-4(28)5(27-2)3-29-15-11(23)13(25)17(14(26)12(15)24)30-16-9(21)7(19)6(18)8(20)10(16)22/h5,27H,3H2,1-2H3. The Morgan fingerprint density at radius 1 is 0.700 bits per heavy atom. The third kappa shape index (κ3) is 4.42. The van der Waals surface area contributed by atoms with Crippen LogP contribution in [0.2, 0.25) is 0 Å². The quantitative estimate of drug-likeness (QED) is 0.251. The zero-order chi connectivity index (χ0) is 22.9. The highest BCUT2D eigenvalue weighted by atomic mass is 32.2. The molecule has 1 N–H and O–H groups in total. The predicted octanol–water partition coefficient (Wildman–Crippen LogP) is 5.36. The molecule has 0 aliphatic rings. The van der Waals surface area contributed by atoms with Crippen molar-refractivity contribution in [3.05, 3.63) is 52.4 Å². The summed E-state index contributed by atoms with van der Waals surface area (Å²) in [6.45, 7) is 1.17. The normalized spacial score (nSPS) is 12.4. The topological polar surface area (TPSA) is 29.1 Å². The number of ketones is 1. The molecule has 1 unspecified atom stereocenters. The number of likely N-dealkylation sites (N-methyl/N-ethyl adjacent to an activating group) is 1. The summed E-state index contributed by atoms with van der Waals surface area (Å²) in [6.07, 6.45) is 0. The van der Waals surface area contributed by atoms with E-state index in [1.807, 2.05) is 0 Å². The molecule has 0 aliphatic heterocycles. The molecule has 30 heavy (non-hydrogen) atoms. The Labute approximate surface area is 172 Å². The number of carbonyl (C=O) groups excluding carboxylic acids is 1. The molecular formula is C17H10F9NOS2. The van der Waals surface area contributed by atoms with Crippen molar-refractivity contribution < 1.29 is 44.3 Å². The van der Waals surface area contributed by atoms with Gasteiger partial charge in [-0.2, -0.15) is 0 Å². The number of carbonyl (C=O) groups is 1. The van der Waals surface area contributed by atoms with Crippen LogP contribution in [0.4, 0.5) is 39.5 Å². The van der Waals surface area contributed by atoms with E-state index in [4.69, 9.17) is 0 Å². The van der Waals surface area contributed by atoms with Gasteiger partial charge in [-0.15, -0.1) is 11.8 Å². The van der Waals surface area contributed by atoms with Crippen LogP contribution in [0.5, 0.6) is 0 Å². The summed E-state index contributed by atoms with van der Waals surface area (Å²) < 4.78 is 124. The fraction of sp³-hybridized carbons (Fsp3) is 0.235. The highest BCUT2D eigenvalue weighted by molar-refractivity contribution is 7.99. The Hall–Kier alpha value is -1.86. The molecule has 13 heteroatoms. The minimum Gasteiger partial charge on any atom is -0.310 e. The maximum absolute atomic E-state index is 14.3. The molecule has 2 aromatic carbocycles. The van der Waals surface area contributed by atoms with Gasteiger partial charge in [0.25, 0.3) is 0 Å². The molecular weight excluding hydrogens is 469 g/mol. The maximum Gasteiger partial charge on any atom is 0.200 e. The van der Waals surface area contributed by atoms with E-state index >= 15 is 0 Å². The van der Waals surface area contributed by atoms with E-state index < -0.39 is 90.6 Å². The zero-order valence-corrected chi connectivity index (χ0v) is 16.5. The second-order valence-electron chi connectivity index (χ2n) is 5.68. The van der Waals surface area contributed by atoms with Gasteiger partial charge in [0.05, 0.1) is 20.7 Å². The zero-order valence-electron chi connectivity index (χ0n) is 14.9. The number of benzene rings is 2. The summed E-state index contributed by atoms with van der Waals surface area (Å²) >= 11 is -0.450. The summed E-state index contributed by atoms with van der Waals surface area (Å²) in [5.74, 6) is -21.0. The second kappa shape index (κ2) is 9.52. The van der Waals surface area contributed by atoms with E-state index in [9.17, 15) is 44.3 Å². The first-order valence-corrected chi connectivity index (χ1v) is 9.59. The van der Waals surface area contributed by atoms with Crippen molar-refractivity contribution in [2.75, 3.05) is 12.8 Å². The average molecular weight is 479 g/mol. The second-order valence-corrected chi connectivity index (χ2v) is 7.73. The molecule has 2 aromatic rings. The molecule has 0 aliphatic carbocycles. The number of hydrogen-bond donors (Lipinski definition) is 1. The van der Waals surface area contributed by atoms with E-state index in [-0.39, 0.29) is 17.5 Å². The molecule has 1 atom stereocenters. The average Bonchev–Trinajstić information content (AvgIpc) is 2.71. The van der Waals surface area contributed by atoms with Crippen molar-refractivity contribution in [1.82, 2.24) is 5.32 Å². The minimum atomic E-state index is -2.51. The van der Waals surface area contributed by atoms with Gasteiger partial charge in [-0.25, -0.2) is 39.5 Å². The molecule has 164 valence electrons. The lowest BCUT2D eigenvalue weighted by Gasteiger charge is -2.15. The molecule has 0 spiro atoms. The molecule has 0 radical (unpaired) electrons. The molecule has 2 rings (SSSR count). The first kappa shape index (κ1) is 24.4. The summed E-state index contributed by atoms with van der Waals surface area (Å²) in [7, 11) is 1.37. The van der Waals surface area contributed by atoms with Crippen LogP contribution in [0.1, 0.15) is 6.92 Å². The van der Waals surface area contributed by atoms with Gasteiger partial charge in [-0.1, -0.05) is 11.8 Å². The van der Waals surface area contributed by atoms with Crippen LogP contribution in [-0.4, -0.2) is 24.6 Å². The molecule has 0 bridgehead atoms. The summed E-state index contributed by atoms with van der Waals surface area (Å²) in [4.78, 5) is 6.78. The minimum absolute atomic E-state index is 0.251. The van der Waals surface area contributed by atoms with Crippen LogP contribution in [0.15, 0.2) is 14.7 Å². The van der Waals surface area contributed by atoms with Gasteiger partial charge in [-0.3, -0.25) is 4.79 Å². The van der Waals surface area contributed by atoms with Crippen molar-refractivity contribution in [3.8, 4) is 0 Å². The fourth-order valence-corrected chi connectivity index (χ4v) is 4.24. The predicted molar refractivity (Wildman–Crippen MR) is 90.9 cm³/mol. The van der Waals surface area contributed by atoms with Crippen molar-refractivity contribution in [2.24, 2.45) is 0 Å². The highest BCUT2D eigenvalue weighted by Crippen LogP contribution is 2.41. The van der Waals surface area contributed by atoms with Crippen LogP contribution in [0.3, 0.4) is 0 Å². The van der Waals surface area contributed by atoms with Gasteiger partial charge in [0.2, 0.25) is 5.82 Å². The number of Topliss-reactive ketones (excluding diaryl/α,β-unsaturated/α-hetero) is 1. The Balaban J connectivity index is 2.52. The van der Waals surface area contributed by atoms with E-state index in [1.165, 1.54) is 14.0 Å². The summed E-state index contributed by atoms with van der Waals surface area (Å²) in [6, 6.07) is -0.901. The van der Waals surface area contributed by atoms with Gasteiger partial charge in [0.1, 0.15) is 5.78 Å². The number of thioether (sulfide) groups is 1. The molecule has 0 saturated heterocycles. The molecule has 0 heterocycles. The van der Waals surface area contributed by atoms with E-state index in [0.29, 0.717) is 0 Å². The van der Waals surface area contributed by atoms with Gasteiger partial charge in [-0.05, 0) is 14.0 Å². The Bertz CT molecular complexity index is 958. The van der Waals surface area contributed by atoms with E-state index in [2.05, 4.69) is 5.32 Å². The number of hydrogen-bond acceptors (Lipinski definition) is 4. The molecule has 0 amide bonds. The number of rotatable bonds is 7. The Morgan fingerprint density at radius 2 is 1.03 bits per heavy atom. The van der Waals surface area contributed by atoms with Crippen LogP contribution in [-0.2, 0) is 4.79 Å². The Morgan fingerprint density at radius 3 is 1.40 bits per heavy atom. The van der Waals surface area contributed by atoms with Gasteiger partial charge < -0.3 is 5.32 Å². The highest BCUT2D eigenvalue weighted by Gasteiger charge is 2.31. The first-order chi connectivity index (χ1) is 13.9. The molecule has 2 nitrogen and oxygen atoms in total. The van der Waals surface area contributed by atoms with Crippen molar-refractivity contribution in [3.63, 3.8) is 0 Å². The van der Waals surface area contributed by atoms with Crippen LogP contribution < -0.4 is 5.32 Å². The number of nitrogens with one attached hydrogen (secondary N) is 1. The van der Waals surface area contributed by atoms with Gasteiger partial charge >= 0.3 is 0 Å². The van der Waals surface area contributed by atoms with Crippen molar-refractivity contribution >= 4 is 29.3 Å². The van der Waals surface area contributed by atoms with E-state index in [1.54, 1.807) is 0 Å². The largest absolute Gasteiger partial charge is 0.310 e. The lowest BCUT2D eigenvalue weighted by Crippen LogP contribution is -2.34. The smallest absolute Gasteiger partial charge is 0.200 e. The lowest BCUT2D eigenvalue weighted by molar-refractivity contribution is -0.118. The first-order valence-electron chi connectivity index (χ1n) is 7.79. The van der Waals surface area contributed by atoms with Crippen LogP contribution in [0.25, 0.3) is 0 Å². The third-order valence-electron chi connectivity index (χ3n) is 3.79. The number of halogens is 9. The summed E-state index contributed by atoms with van der Waals surface area (Å²) in [5, 5.41) is 2.52.